The van der Waals surface area contributed by atoms with Crippen molar-refractivity contribution in [2.75, 3.05) is 0 Å². The van der Waals surface area contributed by atoms with Crippen LogP contribution >= 0.6 is 0 Å². The average molecular weight is 289 g/mol. The summed E-state index contributed by atoms with van der Waals surface area (Å²) in [7, 11) is 0. The van der Waals surface area contributed by atoms with Gasteiger partial charge in [-0.15, -0.1) is 0 Å². The number of rotatable bonds is 3. The zero-order valence-electron chi connectivity index (χ0n) is 12.9. The maximum atomic E-state index is 12.2. The van der Waals surface area contributed by atoms with Crippen molar-refractivity contribution in [1.82, 2.24) is 15.6 Å². The third-order valence-corrected chi connectivity index (χ3v) is 3.44. The molecule has 0 saturated heterocycles. The predicted molar refractivity (Wildman–Crippen MR) is 81.2 cm³/mol. The third kappa shape index (κ3) is 4.55. The molecule has 1 aliphatic carbocycles. The van der Waals surface area contributed by atoms with E-state index in [2.05, 4.69) is 15.6 Å². The van der Waals surface area contributed by atoms with E-state index in [0.717, 1.165) is 25.7 Å². The van der Waals surface area contributed by atoms with E-state index < -0.39 is 0 Å². The molecule has 1 saturated carbocycles. The summed E-state index contributed by atoms with van der Waals surface area (Å²) >= 11 is 0. The van der Waals surface area contributed by atoms with Gasteiger partial charge in [0.05, 0.1) is 11.1 Å². The van der Waals surface area contributed by atoms with Gasteiger partial charge in [0, 0.05) is 24.0 Å². The number of nitrogens with one attached hydrogen (secondary N) is 2. The summed E-state index contributed by atoms with van der Waals surface area (Å²) < 4.78 is 0. The zero-order chi connectivity index (χ0) is 15.5. The Labute approximate surface area is 125 Å². The molecule has 0 atom stereocenters. The monoisotopic (exact) mass is 289 g/mol. The van der Waals surface area contributed by atoms with E-state index >= 15 is 0 Å². The van der Waals surface area contributed by atoms with Gasteiger partial charge in [0.15, 0.2) is 0 Å². The third-order valence-electron chi connectivity index (χ3n) is 3.44. The standard InChI is InChI=1S/C16H23N3O2/c1-16(2,3)19-15(21)12-8-11(9-17-10-12)14(20)18-13-6-4-5-7-13/h8-10,13H,4-7H2,1-3H3,(H,18,20)(H,19,21). The van der Waals surface area contributed by atoms with E-state index in [1.165, 1.54) is 12.4 Å². The minimum absolute atomic E-state index is 0.153. The number of pyridine rings is 1. The van der Waals surface area contributed by atoms with Gasteiger partial charge in [-0.2, -0.15) is 0 Å². The topological polar surface area (TPSA) is 71.1 Å². The molecule has 0 aliphatic heterocycles. The average Bonchev–Trinajstić information content (AvgIpc) is 2.90. The molecule has 5 heteroatoms. The van der Waals surface area contributed by atoms with Crippen LogP contribution in [0.3, 0.4) is 0 Å². The smallest absolute Gasteiger partial charge is 0.253 e. The lowest BCUT2D eigenvalue weighted by Crippen LogP contribution is -2.40. The highest BCUT2D eigenvalue weighted by Crippen LogP contribution is 2.18. The first-order valence-electron chi connectivity index (χ1n) is 7.43. The number of hydrogen-bond acceptors (Lipinski definition) is 3. The summed E-state index contributed by atoms with van der Waals surface area (Å²) in [5, 5.41) is 5.86. The maximum absolute atomic E-state index is 12.2. The zero-order valence-corrected chi connectivity index (χ0v) is 12.9. The lowest BCUT2D eigenvalue weighted by molar-refractivity contribution is 0.0919. The molecule has 5 nitrogen and oxygen atoms in total. The van der Waals surface area contributed by atoms with Crippen LogP contribution < -0.4 is 10.6 Å². The summed E-state index contributed by atoms with van der Waals surface area (Å²) in [5.74, 6) is -0.370. The lowest BCUT2D eigenvalue weighted by atomic mass is 10.1. The second-order valence-corrected chi connectivity index (χ2v) is 6.62. The van der Waals surface area contributed by atoms with Crippen LogP contribution in [0, 0.1) is 0 Å². The van der Waals surface area contributed by atoms with Crippen molar-refractivity contribution in [1.29, 1.82) is 0 Å². The van der Waals surface area contributed by atoms with Crippen LogP contribution in [0.2, 0.25) is 0 Å². The molecule has 2 amide bonds. The van der Waals surface area contributed by atoms with Crippen molar-refractivity contribution in [2.45, 2.75) is 58.0 Å². The van der Waals surface area contributed by atoms with Gasteiger partial charge in [-0.05, 0) is 39.7 Å². The Bertz CT molecular complexity index is 529. The summed E-state index contributed by atoms with van der Waals surface area (Å²) in [6, 6.07) is 1.85. The molecule has 1 aromatic rings. The minimum atomic E-state index is -0.320. The first-order valence-corrected chi connectivity index (χ1v) is 7.43. The molecule has 1 aliphatic rings. The van der Waals surface area contributed by atoms with Crippen LogP contribution in [0.5, 0.6) is 0 Å². The second kappa shape index (κ2) is 6.24. The highest BCUT2D eigenvalue weighted by molar-refractivity contribution is 5.99. The Balaban J connectivity index is 2.06. The molecule has 2 N–H and O–H groups in total. The van der Waals surface area contributed by atoms with E-state index in [1.54, 1.807) is 6.07 Å². The fourth-order valence-corrected chi connectivity index (χ4v) is 2.44. The van der Waals surface area contributed by atoms with E-state index in [0.29, 0.717) is 11.1 Å². The van der Waals surface area contributed by atoms with Crippen molar-refractivity contribution in [3.8, 4) is 0 Å². The van der Waals surface area contributed by atoms with Gasteiger partial charge in [0.1, 0.15) is 0 Å². The van der Waals surface area contributed by atoms with E-state index in [-0.39, 0.29) is 23.4 Å². The molecule has 0 spiro atoms. The van der Waals surface area contributed by atoms with E-state index in [9.17, 15) is 9.59 Å². The highest BCUT2D eigenvalue weighted by atomic mass is 16.2. The van der Waals surface area contributed by atoms with Gasteiger partial charge in [-0.25, -0.2) is 0 Å². The molecular weight excluding hydrogens is 266 g/mol. The second-order valence-electron chi connectivity index (χ2n) is 6.62. The van der Waals surface area contributed by atoms with Crippen LogP contribution in [0.1, 0.15) is 67.2 Å². The Morgan fingerprint density at radius 2 is 1.67 bits per heavy atom. The van der Waals surface area contributed by atoms with Crippen molar-refractivity contribution in [3.63, 3.8) is 0 Å². The van der Waals surface area contributed by atoms with Gasteiger partial charge < -0.3 is 10.6 Å². The molecule has 0 aromatic carbocycles. The molecule has 1 fully saturated rings. The van der Waals surface area contributed by atoms with Crippen molar-refractivity contribution in [2.24, 2.45) is 0 Å². The van der Waals surface area contributed by atoms with Gasteiger partial charge in [0.2, 0.25) is 0 Å². The van der Waals surface area contributed by atoms with Crippen molar-refractivity contribution in [3.05, 3.63) is 29.6 Å². The number of hydrogen-bond donors (Lipinski definition) is 2. The molecule has 21 heavy (non-hydrogen) atoms. The fourth-order valence-electron chi connectivity index (χ4n) is 2.44. The van der Waals surface area contributed by atoms with Crippen molar-refractivity contribution < 1.29 is 9.59 Å². The van der Waals surface area contributed by atoms with Gasteiger partial charge in [-0.3, -0.25) is 14.6 Å². The Kier molecular flexibility index (Phi) is 4.60. The number of nitrogens with zero attached hydrogens (tertiary/aromatic N) is 1. The Morgan fingerprint density at radius 3 is 2.24 bits per heavy atom. The number of carbonyl (C=O) groups excluding carboxylic acids is 2. The first kappa shape index (κ1) is 15.5. The van der Waals surface area contributed by atoms with Crippen LogP contribution in [0.25, 0.3) is 0 Å². The summed E-state index contributed by atoms with van der Waals surface area (Å²) in [6.45, 7) is 5.74. The van der Waals surface area contributed by atoms with E-state index in [4.69, 9.17) is 0 Å². The van der Waals surface area contributed by atoms with Crippen LogP contribution in [0.4, 0.5) is 0 Å². The van der Waals surface area contributed by atoms with E-state index in [1.807, 2.05) is 20.8 Å². The molecule has 2 rings (SSSR count). The predicted octanol–water partition coefficient (Wildman–Crippen LogP) is 2.28. The van der Waals surface area contributed by atoms with Crippen molar-refractivity contribution >= 4 is 11.8 Å². The first-order chi connectivity index (χ1) is 9.85. The maximum Gasteiger partial charge on any atom is 0.253 e. The highest BCUT2D eigenvalue weighted by Gasteiger charge is 2.20. The number of amides is 2. The SMILES string of the molecule is CC(C)(C)NC(=O)c1cncc(C(=O)NC2CCCC2)c1. The molecule has 0 bridgehead atoms. The lowest BCUT2D eigenvalue weighted by Gasteiger charge is -2.20. The summed E-state index contributed by atoms with van der Waals surface area (Å²) in [4.78, 5) is 28.3. The Morgan fingerprint density at radius 1 is 1.10 bits per heavy atom. The van der Waals surface area contributed by atoms with Gasteiger partial charge >= 0.3 is 0 Å². The molecule has 114 valence electrons. The van der Waals surface area contributed by atoms with Gasteiger partial charge in [0.25, 0.3) is 11.8 Å². The molecular formula is C16H23N3O2. The van der Waals surface area contributed by atoms with Crippen LogP contribution in [0.15, 0.2) is 18.5 Å². The van der Waals surface area contributed by atoms with Crippen LogP contribution in [-0.2, 0) is 0 Å². The molecule has 0 radical (unpaired) electrons. The van der Waals surface area contributed by atoms with Crippen LogP contribution in [-0.4, -0.2) is 28.4 Å². The summed E-state index contributed by atoms with van der Waals surface area (Å²) in [6.07, 6.45) is 7.37. The Hall–Kier alpha value is -1.91. The summed E-state index contributed by atoms with van der Waals surface area (Å²) in [5.41, 5.74) is 0.520. The quantitative estimate of drug-likeness (QED) is 0.896. The fraction of sp³-hybridized carbons (Fsp3) is 0.562. The minimum Gasteiger partial charge on any atom is -0.349 e. The molecule has 1 aromatic heterocycles. The number of aromatic nitrogens is 1. The normalized spacial score (nSPS) is 15.8. The number of carbonyl (C=O) groups is 2. The van der Waals surface area contributed by atoms with Gasteiger partial charge in [-0.1, -0.05) is 12.8 Å². The largest absolute Gasteiger partial charge is 0.349 e. The molecule has 0 unspecified atom stereocenters. The molecule has 1 heterocycles.